The van der Waals surface area contributed by atoms with Gasteiger partial charge in [0, 0.05) is 12.2 Å². The summed E-state index contributed by atoms with van der Waals surface area (Å²) in [6.45, 7) is 0.990. The number of benzene rings is 1. The van der Waals surface area contributed by atoms with Crippen LogP contribution in [-0.4, -0.2) is 11.7 Å². The largest absolute Gasteiger partial charge is 0.362 e. The Hall–Kier alpha value is -1.16. The number of thiocarbonyl (C=S) groups is 1. The zero-order valence-electron chi connectivity index (χ0n) is 12.8. The minimum absolute atomic E-state index is 0.224. The minimum atomic E-state index is -0.224. The predicted molar refractivity (Wildman–Crippen MR) is 91.2 cm³/mol. The molecular formula is C18H23FN2S. The van der Waals surface area contributed by atoms with Gasteiger partial charge in [-0.2, -0.15) is 0 Å². The van der Waals surface area contributed by atoms with Crippen LogP contribution in [0.2, 0.25) is 0 Å². The van der Waals surface area contributed by atoms with Crippen LogP contribution < -0.4 is 10.6 Å². The normalized spacial score (nSPS) is 35.4. The Labute approximate surface area is 136 Å². The van der Waals surface area contributed by atoms with Gasteiger partial charge in [-0.25, -0.2) is 4.39 Å². The van der Waals surface area contributed by atoms with Crippen molar-refractivity contribution in [3.8, 4) is 0 Å². The van der Waals surface area contributed by atoms with Gasteiger partial charge < -0.3 is 10.6 Å². The Morgan fingerprint density at radius 1 is 1.05 bits per heavy atom. The number of halogens is 1. The summed E-state index contributed by atoms with van der Waals surface area (Å²) in [6.07, 6.45) is 8.55. The maximum atomic E-state index is 12.9. The second-order valence-corrected chi connectivity index (χ2v) is 8.14. The summed E-state index contributed by atoms with van der Waals surface area (Å²) in [5, 5.41) is 7.24. The molecule has 4 aliphatic rings. The minimum Gasteiger partial charge on any atom is -0.362 e. The highest BCUT2D eigenvalue weighted by atomic mass is 32.1. The molecule has 0 spiro atoms. The summed E-state index contributed by atoms with van der Waals surface area (Å²) in [7, 11) is 0. The Morgan fingerprint density at radius 2 is 1.59 bits per heavy atom. The lowest BCUT2D eigenvalue weighted by molar-refractivity contribution is -0.0490. The van der Waals surface area contributed by atoms with E-state index in [4.69, 9.17) is 12.2 Å². The second-order valence-electron chi connectivity index (χ2n) is 7.73. The molecule has 0 aliphatic heterocycles. The molecule has 1 aromatic carbocycles. The molecule has 22 heavy (non-hydrogen) atoms. The van der Waals surface area contributed by atoms with Gasteiger partial charge in [-0.15, -0.1) is 0 Å². The topological polar surface area (TPSA) is 24.1 Å². The second kappa shape index (κ2) is 5.48. The van der Waals surface area contributed by atoms with E-state index in [0.717, 1.165) is 30.0 Å². The molecule has 0 heterocycles. The Bertz CT molecular complexity index is 534. The highest BCUT2D eigenvalue weighted by Gasteiger charge is 2.50. The van der Waals surface area contributed by atoms with E-state index in [1.807, 2.05) is 0 Å². The fourth-order valence-corrected chi connectivity index (χ4v) is 5.67. The van der Waals surface area contributed by atoms with Crippen molar-refractivity contribution in [3.05, 3.63) is 30.1 Å². The van der Waals surface area contributed by atoms with Crippen LogP contribution in [-0.2, 0) is 0 Å². The van der Waals surface area contributed by atoms with Gasteiger partial charge >= 0.3 is 0 Å². The predicted octanol–water partition coefficient (Wildman–Crippen LogP) is 4.33. The number of nitrogens with one attached hydrogen (secondary N) is 2. The van der Waals surface area contributed by atoms with Crippen LogP contribution >= 0.6 is 12.2 Å². The zero-order chi connectivity index (χ0) is 15.2. The molecule has 0 saturated heterocycles. The molecule has 4 saturated carbocycles. The number of anilines is 1. The average Bonchev–Trinajstić information content (AvgIpc) is 2.46. The highest BCUT2D eigenvalue weighted by Crippen LogP contribution is 2.59. The molecular weight excluding hydrogens is 295 g/mol. The van der Waals surface area contributed by atoms with E-state index in [-0.39, 0.29) is 5.82 Å². The summed E-state index contributed by atoms with van der Waals surface area (Å²) >= 11 is 5.41. The van der Waals surface area contributed by atoms with Crippen molar-refractivity contribution in [2.45, 2.75) is 38.5 Å². The molecule has 4 aliphatic carbocycles. The Morgan fingerprint density at radius 3 is 2.14 bits per heavy atom. The molecule has 0 atom stereocenters. The molecule has 0 aromatic heterocycles. The van der Waals surface area contributed by atoms with E-state index >= 15 is 0 Å². The van der Waals surface area contributed by atoms with Crippen molar-refractivity contribution in [1.82, 2.24) is 5.32 Å². The first-order valence-corrected chi connectivity index (χ1v) is 8.81. The third-order valence-electron chi connectivity index (χ3n) is 5.89. The van der Waals surface area contributed by atoms with E-state index in [1.54, 1.807) is 12.1 Å². The van der Waals surface area contributed by atoms with Crippen LogP contribution in [0.5, 0.6) is 0 Å². The van der Waals surface area contributed by atoms with E-state index < -0.39 is 0 Å². The SMILES string of the molecule is Fc1ccc(NC(=S)NCC23CC4CC(CC(C4)C2)C3)cc1. The van der Waals surface area contributed by atoms with Gasteiger partial charge in [0.2, 0.25) is 0 Å². The fraction of sp³-hybridized carbons (Fsp3) is 0.611. The fourth-order valence-electron chi connectivity index (χ4n) is 5.48. The molecule has 0 amide bonds. The summed E-state index contributed by atoms with van der Waals surface area (Å²) < 4.78 is 12.9. The van der Waals surface area contributed by atoms with Crippen molar-refractivity contribution in [2.24, 2.45) is 23.2 Å². The van der Waals surface area contributed by atoms with Crippen molar-refractivity contribution in [1.29, 1.82) is 0 Å². The van der Waals surface area contributed by atoms with Crippen LogP contribution in [0, 0.1) is 29.0 Å². The molecule has 118 valence electrons. The highest BCUT2D eigenvalue weighted by molar-refractivity contribution is 7.80. The molecule has 5 rings (SSSR count). The Kier molecular flexibility index (Phi) is 3.60. The van der Waals surface area contributed by atoms with Crippen molar-refractivity contribution >= 4 is 23.0 Å². The first-order valence-electron chi connectivity index (χ1n) is 8.41. The van der Waals surface area contributed by atoms with E-state index in [0.29, 0.717) is 10.5 Å². The lowest BCUT2D eigenvalue weighted by atomic mass is 9.49. The molecule has 1 aromatic rings. The molecule has 2 N–H and O–H groups in total. The molecule has 2 nitrogen and oxygen atoms in total. The summed E-state index contributed by atoms with van der Waals surface area (Å²) in [4.78, 5) is 0. The zero-order valence-corrected chi connectivity index (χ0v) is 13.6. The molecule has 0 radical (unpaired) electrons. The standard InChI is InChI=1S/C18H23FN2S/c19-15-1-3-16(4-2-15)21-17(22)20-11-18-8-12-5-13(9-18)7-14(6-12)10-18/h1-4,12-14H,5-11H2,(H2,20,21,22). The maximum Gasteiger partial charge on any atom is 0.170 e. The first-order chi connectivity index (χ1) is 10.6. The average molecular weight is 318 g/mol. The smallest absolute Gasteiger partial charge is 0.170 e. The third kappa shape index (κ3) is 2.85. The molecule has 4 bridgehead atoms. The molecule has 4 fully saturated rings. The van der Waals surface area contributed by atoms with E-state index in [1.165, 1.54) is 50.7 Å². The van der Waals surface area contributed by atoms with E-state index in [9.17, 15) is 4.39 Å². The van der Waals surface area contributed by atoms with Crippen molar-refractivity contribution in [2.75, 3.05) is 11.9 Å². The van der Waals surface area contributed by atoms with Gasteiger partial charge in [-0.1, -0.05) is 0 Å². The van der Waals surface area contributed by atoms with Crippen LogP contribution in [0.15, 0.2) is 24.3 Å². The third-order valence-corrected chi connectivity index (χ3v) is 6.14. The lowest BCUT2D eigenvalue weighted by Gasteiger charge is -2.57. The molecule has 0 unspecified atom stereocenters. The van der Waals surface area contributed by atoms with Crippen LogP contribution in [0.1, 0.15) is 38.5 Å². The first kappa shape index (κ1) is 14.4. The number of hydrogen-bond donors (Lipinski definition) is 2. The summed E-state index contributed by atoms with van der Waals surface area (Å²) in [5.41, 5.74) is 1.31. The van der Waals surface area contributed by atoms with Crippen LogP contribution in [0.25, 0.3) is 0 Å². The van der Waals surface area contributed by atoms with Gasteiger partial charge in [0.25, 0.3) is 0 Å². The van der Waals surface area contributed by atoms with Crippen molar-refractivity contribution in [3.63, 3.8) is 0 Å². The number of hydrogen-bond acceptors (Lipinski definition) is 1. The number of rotatable bonds is 3. The quantitative estimate of drug-likeness (QED) is 0.811. The van der Waals surface area contributed by atoms with Crippen LogP contribution in [0.4, 0.5) is 10.1 Å². The lowest BCUT2D eigenvalue weighted by Crippen LogP contribution is -2.51. The van der Waals surface area contributed by atoms with Gasteiger partial charge in [0.1, 0.15) is 5.82 Å². The van der Waals surface area contributed by atoms with E-state index in [2.05, 4.69) is 10.6 Å². The summed E-state index contributed by atoms with van der Waals surface area (Å²) in [6, 6.07) is 6.33. The molecule has 4 heteroatoms. The van der Waals surface area contributed by atoms with Crippen molar-refractivity contribution < 1.29 is 4.39 Å². The van der Waals surface area contributed by atoms with Gasteiger partial charge in [-0.3, -0.25) is 0 Å². The van der Waals surface area contributed by atoms with Crippen LogP contribution in [0.3, 0.4) is 0 Å². The maximum absolute atomic E-state index is 12.9. The summed E-state index contributed by atoms with van der Waals surface area (Å²) in [5.74, 6) is 2.67. The Balaban J connectivity index is 1.34. The monoisotopic (exact) mass is 318 g/mol. The van der Waals surface area contributed by atoms with Gasteiger partial charge in [-0.05, 0) is 98.2 Å². The van der Waals surface area contributed by atoms with Gasteiger partial charge in [0.05, 0.1) is 0 Å². The van der Waals surface area contributed by atoms with Gasteiger partial charge in [0.15, 0.2) is 5.11 Å².